The Morgan fingerprint density at radius 1 is 0.281 bits per heavy atom. The van der Waals surface area contributed by atoms with E-state index in [9.17, 15) is 11.0 Å². The second-order valence-corrected chi connectivity index (χ2v) is 13.9. The molecule has 57 heavy (non-hydrogen) atoms. The van der Waals surface area contributed by atoms with Gasteiger partial charge in [-0.05, 0) is 120 Å². The second-order valence-electron chi connectivity index (χ2n) is 13.9. The van der Waals surface area contributed by atoms with Crippen molar-refractivity contribution in [2.24, 2.45) is 0 Å². The molecule has 0 bridgehead atoms. The molecule has 0 saturated heterocycles. The van der Waals surface area contributed by atoms with Crippen LogP contribution in [0.2, 0.25) is 0 Å². The standard InChI is InChI=1S/C56H39N/c1-3-12-40(13-4-1)42-22-24-43(25-23-42)44-28-33-51(34-29-44)57(53-20-11-19-49(39-53)50-27-26-41-14-7-8-18-48(41)38-50)52-35-30-46(31-36-52)55-37-32-45-15-9-10-21-54(45)56(55)47-16-5-2-6-17-47/h1-39H/i28D,29D,30D,31D,33D,34D,35D,36D. The largest absolute Gasteiger partial charge is 0.310 e. The molecule has 0 radical (unpaired) electrons. The van der Waals surface area contributed by atoms with Gasteiger partial charge >= 0.3 is 0 Å². The zero-order chi connectivity index (χ0) is 44.9. The highest BCUT2D eigenvalue weighted by atomic mass is 15.1. The fourth-order valence-corrected chi connectivity index (χ4v) is 7.53. The average molecular weight is 734 g/mol. The van der Waals surface area contributed by atoms with Crippen molar-refractivity contribution in [2.45, 2.75) is 0 Å². The van der Waals surface area contributed by atoms with Gasteiger partial charge in [-0.25, -0.2) is 0 Å². The van der Waals surface area contributed by atoms with E-state index in [1.54, 1.807) is 24.3 Å². The summed E-state index contributed by atoms with van der Waals surface area (Å²) >= 11 is 0. The number of fused-ring (bicyclic) bond motifs is 2. The van der Waals surface area contributed by atoms with Crippen molar-refractivity contribution < 1.29 is 11.0 Å². The number of hydrogen-bond acceptors (Lipinski definition) is 1. The maximum atomic E-state index is 9.77. The minimum Gasteiger partial charge on any atom is -0.310 e. The number of hydrogen-bond donors (Lipinski definition) is 0. The summed E-state index contributed by atoms with van der Waals surface area (Å²) in [5.74, 6) is 0. The third-order valence-corrected chi connectivity index (χ3v) is 10.4. The van der Waals surface area contributed by atoms with Crippen LogP contribution in [-0.4, -0.2) is 0 Å². The molecule has 10 rings (SSSR count). The van der Waals surface area contributed by atoms with E-state index in [0.717, 1.165) is 54.9 Å². The lowest BCUT2D eigenvalue weighted by atomic mass is 9.90. The summed E-state index contributed by atoms with van der Waals surface area (Å²) in [5, 5.41) is 3.94. The van der Waals surface area contributed by atoms with Gasteiger partial charge < -0.3 is 4.90 Å². The van der Waals surface area contributed by atoms with E-state index < -0.39 is 24.2 Å². The van der Waals surface area contributed by atoms with Crippen molar-refractivity contribution >= 4 is 38.6 Å². The maximum Gasteiger partial charge on any atom is 0.0645 e. The first-order valence-electron chi connectivity index (χ1n) is 22.9. The van der Waals surface area contributed by atoms with Crippen LogP contribution in [0.5, 0.6) is 0 Å². The Morgan fingerprint density at radius 3 is 1.47 bits per heavy atom. The summed E-state index contributed by atoms with van der Waals surface area (Å²) in [6.07, 6.45) is 0. The molecule has 0 spiro atoms. The third-order valence-electron chi connectivity index (χ3n) is 10.4. The molecule has 0 aromatic heterocycles. The summed E-state index contributed by atoms with van der Waals surface area (Å²) in [6.45, 7) is 0. The Morgan fingerprint density at radius 2 is 0.772 bits per heavy atom. The van der Waals surface area contributed by atoms with Gasteiger partial charge in [-0.2, -0.15) is 0 Å². The van der Waals surface area contributed by atoms with E-state index in [1.165, 1.54) is 4.90 Å². The Kier molecular flexibility index (Phi) is 6.92. The molecule has 10 aromatic carbocycles. The van der Waals surface area contributed by atoms with Crippen LogP contribution >= 0.6 is 0 Å². The molecule has 0 unspecified atom stereocenters. The van der Waals surface area contributed by atoms with Gasteiger partial charge in [0.2, 0.25) is 0 Å². The van der Waals surface area contributed by atoms with Crippen molar-refractivity contribution in [3.8, 4) is 55.6 Å². The van der Waals surface area contributed by atoms with Crippen LogP contribution in [-0.2, 0) is 0 Å². The molecule has 0 heterocycles. The zero-order valence-electron chi connectivity index (χ0n) is 38.8. The van der Waals surface area contributed by atoms with E-state index in [0.29, 0.717) is 16.8 Å². The van der Waals surface area contributed by atoms with Gasteiger partial charge in [0.25, 0.3) is 0 Å². The topological polar surface area (TPSA) is 3.24 Å². The first-order valence-corrected chi connectivity index (χ1v) is 18.9. The van der Waals surface area contributed by atoms with Gasteiger partial charge in [0.1, 0.15) is 0 Å². The first kappa shape index (κ1) is 26.3. The predicted octanol–water partition coefficient (Wildman–Crippen LogP) is 15.8. The zero-order valence-corrected chi connectivity index (χ0v) is 30.8. The number of benzene rings is 10. The van der Waals surface area contributed by atoms with Crippen LogP contribution in [0.4, 0.5) is 17.1 Å². The van der Waals surface area contributed by atoms with Crippen molar-refractivity contribution in [1.29, 1.82) is 0 Å². The number of nitrogens with zero attached hydrogens (tertiary/aromatic N) is 1. The van der Waals surface area contributed by atoms with E-state index in [1.807, 2.05) is 158 Å². The van der Waals surface area contributed by atoms with Gasteiger partial charge in [-0.3, -0.25) is 0 Å². The molecular weight excluding hydrogens is 687 g/mol. The summed E-state index contributed by atoms with van der Waals surface area (Å²) < 4.78 is 77.0. The molecule has 0 aliphatic rings. The summed E-state index contributed by atoms with van der Waals surface area (Å²) in [6, 6.07) is 57.0. The van der Waals surface area contributed by atoms with E-state index in [4.69, 9.17) is 0 Å². The highest BCUT2D eigenvalue weighted by molar-refractivity contribution is 6.04. The Hall–Kier alpha value is -7.48. The second kappa shape index (κ2) is 15.0. The molecule has 0 fully saturated rings. The minimum atomic E-state index is -0.401. The molecule has 10 aromatic rings. The minimum absolute atomic E-state index is 0.104. The van der Waals surface area contributed by atoms with Crippen LogP contribution in [0, 0.1) is 0 Å². The molecule has 1 nitrogen and oxygen atoms in total. The maximum absolute atomic E-state index is 9.77. The van der Waals surface area contributed by atoms with Crippen molar-refractivity contribution in [2.75, 3.05) is 4.90 Å². The quantitative estimate of drug-likeness (QED) is 0.150. The SMILES string of the molecule is [2H]c1c([2H])c(N(c2cccc(-c3ccc4ccccc4c3)c2)c2c([2H])c([2H])c(-c3ccc4ccccc4c3-c3ccccc3)c([2H])c2[2H])c([2H])c([2H])c1-c1ccc(-c2ccccc2)cc1. The summed E-state index contributed by atoms with van der Waals surface area (Å²) in [5.41, 5.74) is 6.34. The average Bonchev–Trinajstić information content (AvgIpc) is 3.35. The van der Waals surface area contributed by atoms with Gasteiger partial charge in [0.15, 0.2) is 0 Å². The van der Waals surface area contributed by atoms with Gasteiger partial charge in [-0.1, -0.05) is 194 Å². The van der Waals surface area contributed by atoms with Crippen LogP contribution in [0.1, 0.15) is 11.0 Å². The third kappa shape index (κ3) is 6.77. The summed E-state index contributed by atoms with van der Waals surface area (Å²) in [7, 11) is 0. The monoisotopic (exact) mass is 733 g/mol. The van der Waals surface area contributed by atoms with Crippen LogP contribution in [0.3, 0.4) is 0 Å². The number of anilines is 3. The lowest BCUT2D eigenvalue weighted by Gasteiger charge is -2.26. The van der Waals surface area contributed by atoms with Gasteiger partial charge in [-0.15, -0.1) is 0 Å². The van der Waals surface area contributed by atoms with E-state index in [-0.39, 0.29) is 46.7 Å². The molecule has 0 atom stereocenters. The van der Waals surface area contributed by atoms with Crippen molar-refractivity contribution in [3.63, 3.8) is 0 Å². The predicted molar refractivity (Wildman–Crippen MR) is 243 cm³/mol. The number of rotatable bonds is 8. The highest BCUT2D eigenvalue weighted by Gasteiger charge is 2.17. The lowest BCUT2D eigenvalue weighted by Crippen LogP contribution is -2.10. The molecule has 0 saturated carbocycles. The molecule has 0 amide bonds. The molecule has 0 aliphatic heterocycles. The highest BCUT2D eigenvalue weighted by Crippen LogP contribution is 2.42. The van der Waals surface area contributed by atoms with Crippen molar-refractivity contribution in [1.82, 2.24) is 0 Å². The Labute approximate surface area is 345 Å². The lowest BCUT2D eigenvalue weighted by molar-refractivity contribution is 1.28. The Bertz CT molecular complexity index is 3400. The van der Waals surface area contributed by atoms with Crippen LogP contribution in [0.15, 0.2) is 236 Å². The molecule has 0 aliphatic carbocycles. The molecule has 0 N–H and O–H groups in total. The molecule has 268 valence electrons. The van der Waals surface area contributed by atoms with Crippen LogP contribution in [0.25, 0.3) is 77.2 Å². The molecular formula is C56H39N. The molecule has 1 heteroatoms. The smallest absolute Gasteiger partial charge is 0.0645 e. The van der Waals surface area contributed by atoms with E-state index >= 15 is 0 Å². The summed E-state index contributed by atoms with van der Waals surface area (Å²) in [4.78, 5) is 1.37. The Balaban J connectivity index is 1.20. The fraction of sp³-hybridized carbons (Fsp3) is 0. The normalized spacial score (nSPS) is 13.1. The van der Waals surface area contributed by atoms with Gasteiger partial charge in [0, 0.05) is 17.1 Å². The van der Waals surface area contributed by atoms with Crippen LogP contribution < -0.4 is 4.90 Å². The van der Waals surface area contributed by atoms with E-state index in [2.05, 4.69) is 6.07 Å². The van der Waals surface area contributed by atoms with Gasteiger partial charge in [0.05, 0.1) is 11.0 Å². The fourth-order valence-electron chi connectivity index (χ4n) is 7.53. The first-order chi connectivity index (χ1) is 31.6. The van der Waals surface area contributed by atoms with Crippen molar-refractivity contribution in [3.05, 3.63) is 236 Å².